The van der Waals surface area contributed by atoms with Crippen LogP contribution < -0.4 is 5.32 Å². The Labute approximate surface area is 89.6 Å². The smallest absolute Gasteiger partial charge is 0.322 e. The number of carbonyl (C=O) groups is 1. The molecule has 4 N–H and O–H groups in total. The Morgan fingerprint density at radius 3 is 2.38 bits per heavy atom. The summed E-state index contributed by atoms with van der Waals surface area (Å²) in [5.74, 6) is -0.758. The predicted octanol–water partition coefficient (Wildman–Crippen LogP) is -1.01. The fourth-order valence-corrected chi connectivity index (χ4v) is 1.06. The lowest BCUT2D eigenvalue weighted by molar-refractivity contribution is -0.140. The topological polar surface area (TPSA) is 84.1 Å². The van der Waals surface area contributed by atoms with Gasteiger partial charge in [-0.15, -0.1) is 24.8 Å². The molecule has 1 rings (SSSR count). The van der Waals surface area contributed by atoms with Gasteiger partial charge in [0.1, 0.15) is 6.04 Å². The Morgan fingerprint density at radius 1 is 1.54 bits per heavy atom. The molecule has 0 aromatic rings. The summed E-state index contributed by atoms with van der Waals surface area (Å²) in [6, 6.07) is -0.376. The molecule has 1 saturated heterocycles. The molecular weight excluding hydrogens is 219 g/mol. The lowest BCUT2D eigenvalue weighted by Crippen LogP contribution is -2.52. The lowest BCUT2D eigenvalue weighted by Gasteiger charge is -2.27. The summed E-state index contributed by atoms with van der Waals surface area (Å²) < 4.78 is 0. The van der Waals surface area contributed by atoms with Gasteiger partial charge in [-0.2, -0.15) is 0 Å². The van der Waals surface area contributed by atoms with E-state index in [2.05, 4.69) is 5.32 Å². The largest absolute Gasteiger partial charge is 0.480 e. The monoisotopic (exact) mass is 234 g/mol. The van der Waals surface area contributed by atoms with Crippen molar-refractivity contribution in [2.45, 2.75) is 6.04 Å². The van der Waals surface area contributed by atoms with Gasteiger partial charge in [-0.3, -0.25) is 4.79 Å². The van der Waals surface area contributed by atoms with E-state index >= 15 is 0 Å². The average Bonchev–Trinajstić information content (AvgIpc) is 1.88. The van der Waals surface area contributed by atoms with Crippen molar-refractivity contribution in [3.63, 3.8) is 0 Å². The van der Waals surface area contributed by atoms with Crippen LogP contribution in [0.1, 0.15) is 0 Å². The highest BCUT2D eigenvalue weighted by molar-refractivity contribution is 5.85. The zero-order valence-electron chi connectivity index (χ0n) is 7.32. The minimum Gasteiger partial charge on any atom is -0.480 e. The van der Waals surface area contributed by atoms with Gasteiger partial charge in [0.2, 0.25) is 0 Å². The van der Waals surface area contributed by atoms with E-state index in [1.807, 2.05) is 11.9 Å². The molecule has 0 aliphatic carbocycles. The molecule has 1 unspecified atom stereocenters. The summed E-state index contributed by atoms with van der Waals surface area (Å²) in [4.78, 5) is 12.4. The molecule has 0 bridgehead atoms. The number of aliphatic carboxylic acids is 1. The molecule has 0 radical (unpaired) electrons. The van der Waals surface area contributed by atoms with Crippen LogP contribution >= 0.6 is 24.8 Å². The summed E-state index contributed by atoms with van der Waals surface area (Å²) in [6.45, 7) is 2.31. The molecule has 1 heterocycles. The van der Waals surface area contributed by atoms with Crippen LogP contribution in [0.25, 0.3) is 0 Å². The van der Waals surface area contributed by atoms with Crippen molar-refractivity contribution in [1.82, 2.24) is 10.2 Å². The minimum atomic E-state index is -0.758. The van der Waals surface area contributed by atoms with Crippen LogP contribution in [0.3, 0.4) is 0 Å². The van der Waals surface area contributed by atoms with Gasteiger partial charge in [0.25, 0.3) is 0 Å². The van der Waals surface area contributed by atoms with Crippen molar-refractivity contribution < 1.29 is 15.4 Å². The average molecular weight is 235 g/mol. The highest BCUT2D eigenvalue weighted by atomic mass is 35.5. The molecule has 0 aromatic heterocycles. The van der Waals surface area contributed by atoms with Gasteiger partial charge in [0, 0.05) is 19.6 Å². The number of hydrogen-bond acceptors (Lipinski definition) is 3. The van der Waals surface area contributed by atoms with Gasteiger partial charge in [0.15, 0.2) is 0 Å². The first-order valence-corrected chi connectivity index (χ1v) is 3.35. The summed E-state index contributed by atoms with van der Waals surface area (Å²) in [6.07, 6.45) is 0. The van der Waals surface area contributed by atoms with Gasteiger partial charge in [-0.05, 0) is 7.05 Å². The predicted molar refractivity (Wildman–Crippen MR) is 55.0 cm³/mol. The van der Waals surface area contributed by atoms with Crippen molar-refractivity contribution >= 4 is 30.8 Å². The highest BCUT2D eigenvalue weighted by Gasteiger charge is 2.21. The number of nitrogens with one attached hydrogen (secondary N) is 1. The van der Waals surface area contributed by atoms with Crippen LogP contribution in [0.2, 0.25) is 0 Å². The molecule has 82 valence electrons. The van der Waals surface area contributed by atoms with E-state index in [4.69, 9.17) is 5.11 Å². The first-order chi connectivity index (χ1) is 4.70. The SMILES string of the molecule is CN1CCNC(C(=O)O)C1.Cl.Cl.O. The highest BCUT2D eigenvalue weighted by Crippen LogP contribution is 1.94. The van der Waals surface area contributed by atoms with E-state index in [9.17, 15) is 4.79 Å². The zero-order valence-corrected chi connectivity index (χ0v) is 8.95. The molecule has 7 heteroatoms. The summed E-state index contributed by atoms with van der Waals surface area (Å²) in [5, 5.41) is 11.5. The molecule has 1 aliphatic heterocycles. The molecule has 0 aromatic carbocycles. The fraction of sp³-hybridized carbons (Fsp3) is 0.833. The molecule has 5 nitrogen and oxygen atoms in total. The summed E-state index contributed by atoms with van der Waals surface area (Å²) >= 11 is 0. The van der Waals surface area contributed by atoms with Gasteiger partial charge in [-0.25, -0.2) is 0 Å². The van der Waals surface area contributed by atoms with Crippen molar-refractivity contribution in [3.05, 3.63) is 0 Å². The first kappa shape index (κ1) is 18.7. The van der Waals surface area contributed by atoms with Crippen molar-refractivity contribution in [1.29, 1.82) is 0 Å². The molecule has 1 fully saturated rings. The second-order valence-corrected chi connectivity index (χ2v) is 2.61. The van der Waals surface area contributed by atoms with Crippen LogP contribution in [0.15, 0.2) is 0 Å². The third-order valence-electron chi connectivity index (χ3n) is 1.68. The van der Waals surface area contributed by atoms with E-state index in [1.165, 1.54) is 0 Å². The van der Waals surface area contributed by atoms with Crippen molar-refractivity contribution in [2.24, 2.45) is 0 Å². The van der Waals surface area contributed by atoms with E-state index < -0.39 is 5.97 Å². The lowest BCUT2D eigenvalue weighted by atomic mass is 10.2. The maximum Gasteiger partial charge on any atom is 0.322 e. The first-order valence-electron chi connectivity index (χ1n) is 3.35. The second kappa shape index (κ2) is 8.52. The Bertz CT molecular complexity index is 148. The maximum atomic E-state index is 10.4. The maximum absolute atomic E-state index is 10.4. The quantitative estimate of drug-likeness (QED) is 0.610. The number of carboxylic acid groups (broad SMARTS) is 1. The zero-order chi connectivity index (χ0) is 7.56. The Kier molecular flexibility index (Phi) is 12.2. The molecule has 0 spiro atoms. The molecular formula is C6H16Cl2N2O3. The van der Waals surface area contributed by atoms with Crippen LogP contribution in [0, 0.1) is 0 Å². The van der Waals surface area contributed by atoms with E-state index in [0.29, 0.717) is 6.54 Å². The molecule has 13 heavy (non-hydrogen) atoms. The number of likely N-dealkylation sites (N-methyl/N-ethyl adjacent to an activating group) is 1. The van der Waals surface area contributed by atoms with Crippen LogP contribution in [-0.4, -0.2) is 54.2 Å². The van der Waals surface area contributed by atoms with Crippen LogP contribution in [0.5, 0.6) is 0 Å². The second-order valence-electron chi connectivity index (χ2n) is 2.61. The number of rotatable bonds is 1. The fourth-order valence-electron chi connectivity index (χ4n) is 1.06. The molecule has 0 saturated carbocycles. The van der Waals surface area contributed by atoms with Crippen LogP contribution in [0.4, 0.5) is 0 Å². The van der Waals surface area contributed by atoms with Crippen molar-refractivity contribution in [2.75, 3.05) is 26.7 Å². The normalized spacial score (nSPS) is 21.8. The number of carboxylic acids is 1. The van der Waals surface area contributed by atoms with Crippen LogP contribution in [-0.2, 0) is 4.79 Å². The summed E-state index contributed by atoms with van der Waals surface area (Å²) in [5.41, 5.74) is 0. The van der Waals surface area contributed by atoms with E-state index in [1.54, 1.807) is 0 Å². The number of piperazine rings is 1. The van der Waals surface area contributed by atoms with Gasteiger partial charge >= 0.3 is 5.97 Å². The van der Waals surface area contributed by atoms with E-state index in [0.717, 1.165) is 13.1 Å². The van der Waals surface area contributed by atoms with Crippen molar-refractivity contribution in [3.8, 4) is 0 Å². The molecule has 1 aliphatic rings. The van der Waals surface area contributed by atoms with E-state index in [-0.39, 0.29) is 36.3 Å². The Balaban J connectivity index is -0.000000333. The third-order valence-corrected chi connectivity index (χ3v) is 1.68. The van der Waals surface area contributed by atoms with Gasteiger partial charge in [0.05, 0.1) is 0 Å². The van der Waals surface area contributed by atoms with Gasteiger partial charge in [-0.1, -0.05) is 0 Å². The standard InChI is InChI=1S/C6H12N2O2.2ClH.H2O/c1-8-3-2-7-5(4-8)6(9)10;;;/h5,7H,2-4H2,1H3,(H,9,10);2*1H;1H2. The third kappa shape index (κ3) is 6.06. The number of nitrogens with zero attached hydrogens (tertiary/aromatic N) is 1. The number of hydrogen-bond donors (Lipinski definition) is 2. The minimum absolute atomic E-state index is 0. The Morgan fingerprint density at radius 2 is 2.08 bits per heavy atom. The molecule has 0 amide bonds. The Hall–Kier alpha value is -0.0700. The number of halogens is 2. The summed E-state index contributed by atoms with van der Waals surface area (Å²) in [7, 11) is 1.93. The van der Waals surface area contributed by atoms with Gasteiger partial charge < -0.3 is 20.8 Å². The molecule has 1 atom stereocenters.